The Morgan fingerprint density at radius 1 is 1.24 bits per heavy atom. The number of amides is 1. The fraction of sp³-hybridized carbons (Fsp3) is 0.333. The van der Waals surface area contributed by atoms with Gasteiger partial charge < -0.3 is 10.5 Å². The van der Waals surface area contributed by atoms with Crippen molar-refractivity contribution in [2.24, 2.45) is 11.1 Å². The minimum atomic E-state index is -0.746. The number of ether oxygens (including phenoxy) is 1. The number of pyridine rings is 2. The fourth-order valence-corrected chi connectivity index (χ4v) is 4.06. The minimum Gasteiger partial charge on any atom is -0.481 e. The van der Waals surface area contributed by atoms with Crippen LogP contribution in [0.5, 0.6) is 5.88 Å². The van der Waals surface area contributed by atoms with E-state index in [2.05, 4.69) is 28.9 Å². The lowest BCUT2D eigenvalue weighted by Gasteiger charge is -2.16. The molecule has 1 aliphatic heterocycles. The van der Waals surface area contributed by atoms with Crippen molar-refractivity contribution in [1.82, 2.24) is 19.7 Å². The molecule has 0 fully saturated rings. The summed E-state index contributed by atoms with van der Waals surface area (Å²) in [6, 6.07) is 5.28. The molecule has 3 aromatic heterocycles. The molecular formula is C21H22ClN5O2. The molecule has 1 unspecified atom stereocenters. The zero-order chi connectivity index (χ0) is 20.8. The van der Waals surface area contributed by atoms with Gasteiger partial charge in [0.05, 0.1) is 24.0 Å². The first-order valence-corrected chi connectivity index (χ1v) is 9.66. The Bertz CT molecular complexity index is 1080. The van der Waals surface area contributed by atoms with Crippen LogP contribution in [0.4, 0.5) is 0 Å². The van der Waals surface area contributed by atoms with Gasteiger partial charge in [0, 0.05) is 41.8 Å². The Morgan fingerprint density at radius 3 is 2.69 bits per heavy atom. The molecular weight excluding hydrogens is 390 g/mol. The van der Waals surface area contributed by atoms with Crippen molar-refractivity contribution >= 4 is 17.5 Å². The van der Waals surface area contributed by atoms with Crippen LogP contribution in [0.1, 0.15) is 36.7 Å². The molecule has 150 valence electrons. The quantitative estimate of drug-likeness (QED) is 0.695. The highest BCUT2D eigenvalue weighted by molar-refractivity contribution is 6.33. The Hall–Kier alpha value is -2.93. The standard InChI is InChI=1S/C21H22ClN5O2/c1-21(2)7-17-14(9-26-27(17)11-21)13-6-16(24-10-15(13)22)19(20(23)28)12-4-5-18(29-3)25-8-12/h4-6,8-10,19H,7,11H2,1-3H3,(H2,23,28). The molecule has 29 heavy (non-hydrogen) atoms. The van der Waals surface area contributed by atoms with Crippen LogP contribution in [0, 0.1) is 5.41 Å². The second-order valence-electron chi connectivity index (χ2n) is 8.06. The van der Waals surface area contributed by atoms with E-state index in [9.17, 15) is 4.79 Å². The van der Waals surface area contributed by atoms with E-state index in [1.54, 1.807) is 24.5 Å². The molecule has 7 nitrogen and oxygen atoms in total. The average Bonchev–Trinajstić information content (AvgIpc) is 3.18. The van der Waals surface area contributed by atoms with Crippen LogP contribution in [0.15, 0.2) is 36.8 Å². The van der Waals surface area contributed by atoms with Gasteiger partial charge in [0.25, 0.3) is 0 Å². The number of hydrogen-bond acceptors (Lipinski definition) is 5. The first-order valence-electron chi connectivity index (χ1n) is 9.29. The molecule has 0 bridgehead atoms. The van der Waals surface area contributed by atoms with Gasteiger partial charge in [0.15, 0.2) is 0 Å². The second kappa shape index (κ2) is 7.15. The maximum atomic E-state index is 12.3. The maximum Gasteiger partial charge on any atom is 0.231 e. The summed E-state index contributed by atoms with van der Waals surface area (Å²) < 4.78 is 7.11. The molecule has 0 spiro atoms. The van der Waals surface area contributed by atoms with Crippen molar-refractivity contribution in [3.05, 3.63) is 58.8 Å². The zero-order valence-corrected chi connectivity index (χ0v) is 17.3. The molecule has 2 N–H and O–H groups in total. The van der Waals surface area contributed by atoms with Crippen LogP contribution in [0.2, 0.25) is 5.02 Å². The molecule has 3 aromatic rings. The van der Waals surface area contributed by atoms with E-state index in [1.807, 2.05) is 16.9 Å². The molecule has 0 aliphatic carbocycles. The second-order valence-corrected chi connectivity index (χ2v) is 8.47. The maximum absolute atomic E-state index is 12.3. The SMILES string of the molecule is COc1ccc(C(C(N)=O)c2cc(-c3cnn4c3CC(C)(C)C4)c(Cl)cn2)cn1. The van der Waals surface area contributed by atoms with Crippen LogP contribution in [0.3, 0.4) is 0 Å². The molecule has 0 aromatic carbocycles. The molecule has 4 rings (SSSR count). The monoisotopic (exact) mass is 411 g/mol. The van der Waals surface area contributed by atoms with Crippen molar-refractivity contribution in [3.63, 3.8) is 0 Å². The van der Waals surface area contributed by atoms with Crippen LogP contribution in [0.25, 0.3) is 11.1 Å². The number of methoxy groups -OCH3 is 1. The zero-order valence-electron chi connectivity index (χ0n) is 16.5. The third kappa shape index (κ3) is 3.58. The Labute approximate surface area is 173 Å². The number of nitrogens with two attached hydrogens (primary N) is 1. The summed E-state index contributed by atoms with van der Waals surface area (Å²) in [5, 5.41) is 5.02. The van der Waals surface area contributed by atoms with Gasteiger partial charge >= 0.3 is 0 Å². The Morgan fingerprint density at radius 2 is 2.03 bits per heavy atom. The van der Waals surface area contributed by atoms with E-state index in [0.717, 1.165) is 29.8 Å². The lowest BCUT2D eigenvalue weighted by atomic mass is 9.89. The van der Waals surface area contributed by atoms with Gasteiger partial charge in [-0.25, -0.2) is 4.98 Å². The Balaban J connectivity index is 1.77. The molecule has 4 heterocycles. The highest BCUT2D eigenvalue weighted by atomic mass is 35.5. The number of aromatic nitrogens is 4. The van der Waals surface area contributed by atoms with E-state index >= 15 is 0 Å². The van der Waals surface area contributed by atoms with Gasteiger partial charge in [0.1, 0.15) is 5.92 Å². The molecule has 0 radical (unpaired) electrons. The highest BCUT2D eigenvalue weighted by Crippen LogP contribution is 2.39. The molecule has 0 saturated carbocycles. The van der Waals surface area contributed by atoms with Crippen LogP contribution < -0.4 is 10.5 Å². The number of carbonyl (C=O) groups excluding carboxylic acids is 1. The molecule has 0 saturated heterocycles. The summed E-state index contributed by atoms with van der Waals surface area (Å²) in [4.78, 5) is 20.9. The summed E-state index contributed by atoms with van der Waals surface area (Å²) >= 11 is 6.49. The van der Waals surface area contributed by atoms with Crippen LogP contribution >= 0.6 is 11.6 Å². The fourth-order valence-electron chi connectivity index (χ4n) is 3.86. The van der Waals surface area contributed by atoms with E-state index in [-0.39, 0.29) is 5.41 Å². The van der Waals surface area contributed by atoms with Crippen molar-refractivity contribution in [3.8, 4) is 17.0 Å². The van der Waals surface area contributed by atoms with Gasteiger partial charge in [-0.1, -0.05) is 31.5 Å². The molecule has 1 aliphatic rings. The lowest BCUT2D eigenvalue weighted by molar-refractivity contribution is -0.118. The number of fused-ring (bicyclic) bond motifs is 1. The van der Waals surface area contributed by atoms with Crippen molar-refractivity contribution in [1.29, 1.82) is 0 Å². The molecule has 1 amide bonds. The smallest absolute Gasteiger partial charge is 0.231 e. The van der Waals surface area contributed by atoms with E-state index < -0.39 is 11.8 Å². The van der Waals surface area contributed by atoms with Gasteiger partial charge in [-0.3, -0.25) is 14.5 Å². The molecule has 8 heteroatoms. The number of primary amides is 1. The first kappa shape index (κ1) is 19.4. The van der Waals surface area contributed by atoms with Gasteiger partial charge in [-0.2, -0.15) is 5.10 Å². The topological polar surface area (TPSA) is 95.9 Å². The van der Waals surface area contributed by atoms with E-state index in [1.165, 1.54) is 7.11 Å². The lowest BCUT2D eigenvalue weighted by Crippen LogP contribution is -2.23. The third-order valence-electron chi connectivity index (χ3n) is 5.22. The normalized spacial score (nSPS) is 15.7. The van der Waals surface area contributed by atoms with E-state index in [4.69, 9.17) is 22.1 Å². The summed E-state index contributed by atoms with van der Waals surface area (Å²) in [6.07, 6.45) is 5.86. The number of carbonyl (C=O) groups is 1. The van der Waals surface area contributed by atoms with Crippen molar-refractivity contribution in [2.45, 2.75) is 32.7 Å². The first-order chi connectivity index (χ1) is 13.8. The summed E-state index contributed by atoms with van der Waals surface area (Å²) in [5.74, 6) is -0.802. The number of halogens is 1. The summed E-state index contributed by atoms with van der Waals surface area (Å²) in [6.45, 7) is 5.29. The minimum absolute atomic E-state index is 0.144. The van der Waals surface area contributed by atoms with Gasteiger partial charge in [0.2, 0.25) is 11.8 Å². The number of rotatable bonds is 5. The molecule has 1 atom stereocenters. The number of hydrogen-bond donors (Lipinski definition) is 1. The van der Waals surface area contributed by atoms with E-state index in [0.29, 0.717) is 22.2 Å². The third-order valence-corrected chi connectivity index (χ3v) is 5.52. The van der Waals surface area contributed by atoms with Crippen LogP contribution in [-0.4, -0.2) is 32.8 Å². The number of nitrogens with zero attached hydrogens (tertiary/aromatic N) is 4. The average molecular weight is 412 g/mol. The van der Waals surface area contributed by atoms with Crippen LogP contribution in [-0.2, 0) is 17.8 Å². The van der Waals surface area contributed by atoms with Crippen molar-refractivity contribution in [2.75, 3.05) is 7.11 Å². The summed E-state index contributed by atoms with van der Waals surface area (Å²) in [7, 11) is 1.53. The predicted molar refractivity (Wildman–Crippen MR) is 110 cm³/mol. The summed E-state index contributed by atoms with van der Waals surface area (Å²) in [5.41, 5.74) is 9.90. The Kier molecular flexibility index (Phi) is 4.78. The van der Waals surface area contributed by atoms with Crippen molar-refractivity contribution < 1.29 is 9.53 Å². The van der Waals surface area contributed by atoms with Gasteiger partial charge in [-0.15, -0.1) is 0 Å². The predicted octanol–water partition coefficient (Wildman–Crippen LogP) is 3.20. The van der Waals surface area contributed by atoms with Gasteiger partial charge in [-0.05, 0) is 23.5 Å². The highest BCUT2D eigenvalue weighted by Gasteiger charge is 2.32. The largest absolute Gasteiger partial charge is 0.481 e.